The van der Waals surface area contributed by atoms with Gasteiger partial charge in [-0.2, -0.15) is 0 Å². The molecule has 0 saturated carbocycles. The molecule has 0 unspecified atom stereocenters. The molecule has 3 nitrogen and oxygen atoms in total. The second-order valence-corrected chi connectivity index (χ2v) is 5.53. The Morgan fingerprint density at radius 3 is 1.86 bits per heavy atom. The van der Waals surface area contributed by atoms with Gasteiger partial charge in [0, 0.05) is 33.6 Å². The van der Waals surface area contributed by atoms with Gasteiger partial charge < -0.3 is 10.2 Å². The second-order valence-electron chi connectivity index (χ2n) is 5.53. The maximum Gasteiger partial charge on any atom is 0.193 e. The van der Waals surface area contributed by atoms with Crippen molar-refractivity contribution in [3.63, 3.8) is 0 Å². The number of nitrogens with zero attached hydrogens (tertiary/aromatic N) is 2. The molecular formula is C19H25N3. The van der Waals surface area contributed by atoms with Crippen molar-refractivity contribution in [2.45, 2.75) is 12.3 Å². The third kappa shape index (κ3) is 4.35. The van der Waals surface area contributed by atoms with E-state index in [-0.39, 0.29) is 0 Å². The summed E-state index contributed by atoms with van der Waals surface area (Å²) in [5.74, 6) is 1.31. The lowest BCUT2D eigenvalue weighted by molar-refractivity contribution is 0.572. The Bertz CT molecular complexity index is 537. The average Bonchev–Trinajstić information content (AvgIpc) is 2.56. The maximum atomic E-state index is 4.26. The highest BCUT2D eigenvalue weighted by Gasteiger charge is 2.13. The molecule has 0 aliphatic heterocycles. The third-order valence-electron chi connectivity index (χ3n) is 3.76. The number of guanidine groups is 1. The Kier molecular flexibility index (Phi) is 6.01. The van der Waals surface area contributed by atoms with Crippen molar-refractivity contribution in [1.82, 2.24) is 10.2 Å². The van der Waals surface area contributed by atoms with Gasteiger partial charge in [-0.15, -0.1) is 0 Å². The molecule has 0 fully saturated rings. The van der Waals surface area contributed by atoms with Crippen LogP contribution in [0.5, 0.6) is 0 Å². The topological polar surface area (TPSA) is 27.6 Å². The zero-order valence-electron chi connectivity index (χ0n) is 13.7. The van der Waals surface area contributed by atoms with E-state index >= 15 is 0 Å². The summed E-state index contributed by atoms with van der Waals surface area (Å²) in [7, 11) is 5.82. The fraction of sp³-hybridized carbons (Fsp3) is 0.316. The van der Waals surface area contributed by atoms with Crippen LogP contribution in [0.25, 0.3) is 0 Å². The van der Waals surface area contributed by atoms with Crippen LogP contribution in [0.2, 0.25) is 0 Å². The summed E-state index contributed by atoms with van der Waals surface area (Å²) in [4.78, 5) is 6.26. The van der Waals surface area contributed by atoms with Gasteiger partial charge in [-0.25, -0.2) is 0 Å². The maximum absolute atomic E-state index is 4.26. The van der Waals surface area contributed by atoms with Crippen LogP contribution in [-0.2, 0) is 0 Å². The molecule has 0 aromatic heterocycles. The van der Waals surface area contributed by atoms with Crippen molar-refractivity contribution in [3.05, 3.63) is 71.8 Å². The number of nitrogens with one attached hydrogen (secondary N) is 1. The summed E-state index contributed by atoms with van der Waals surface area (Å²) in [5, 5.41) is 3.41. The third-order valence-corrected chi connectivity index (χ3v) is 3.76. The number of hydrogen-bond acceptors (Lipinski definition) is 1. The van der Waals surface area contributed by atoms with Crippen molar-refractivity contribution in [2.75, 3.05) is 27.7 Å². The summed E-state index contributed by atoms with van der Waals surface area (Å²) in [6.45, 7) is 0.888. The van der Waals surface area contributed by atoms with Crippen LogP contribution < -0.4 is 5.32 Å². The summed E-state index contributed by atoms with van der Waals surface area (Å²) < 4.78 is 0. The molecule has 2 aromatic rings. The second kappa shape index (κ2) is 8.23. The van der Waals surface area contributed by atoms with E-state index < -0.39 is 0 Å². The standard InChI is InChI=1S/C19H25N3/c1-20-19(22(2)3)21-15-14-18(16-10-6-4-7-11-16)17-12-8-5-9-13-17/h4-13,18H,14-15H2,1-3H3,(H,20,21). The molecule has 1 N–H and O–H groups in total. The summed E-state index contributed by atoms with van der Waals surface area (Å²) in [6, 6.07) is 21.4. The van der Waals surface area contributed by atoms with Gasteiger partial charge in [-0.3, -0.25) is 4.99 Å². The highest BCUT2D eigenvalue weighted by atomic mass is 15.3. The van der Waals surface area contributed by atoms with Crippen LogP contribution in [0.3, 0.4) is 0 Å². The van der Waals surface area contributed by atoms with Crippen molar-refractivity contribution in [2.24, 2.45) is 4.99 Å². The van der Waals surface area contributed by atoms with E-state index in [0.29, 0.717) is 5.92 Å². The molecule has 3 heteroatoms. The van der Waals surface area contributed by atoms with Gasteiger partial charge in [0.05, 0.1) is 0 Å². The van der Waals surface area contributed by atoms with Gasteiger partial charge in [-0.05, 0) is 17.5 Å². The molecular weight excluding hydrogens is 270 g/mol. The summed E-state index contributed by atoms with van der Waals surface area (Å²) in [6.07, 6.45) is 1.03. The molecule has 0 atom stereocenters. The van der Waals surface area contributed by atoms with Crippen LogP contribution in [-0.4, -0.2) is 38.5 Å². The van der Waals surface area contributed by atoms with E-state index in [1.165, 1.54) is 11.1 Å². The van der Waals surface area contributed by atoms with E-state index in [4.69, 9.17) is 0 Å². The molecule has 0 spiro atoms. The van der Waals surface area contributed by atoms with Crippen molar-refractivity contribution >= 4 is 5.96 Å². The molecule has 0 saturated heterocycles. The predicted octanol–water partition coefficient (Wildman–Crippen LogP) is 3.35. The SMILES string of the molecule is CN=C(NCCC(c1ccccc1)c1ccccc1)N(C)C. The molecule has 0 aliphatic carbocycles. The van der Waals surface area contributed by atoms with E-state index in [2.05, 4.69) is 71.0 Å². The number of rotatable bonds is 5. The summed E-state index contributed by atoms with van der Waals surface area (Å²) >= 11 is 0. The molecule has 0 radical (unpaired) electrons. The Hall–Kier alpha value is -2.29. The lowest BCUT2D eigenvalue weighted by Gasteiger charge is -2.21. The molecule has 0 bridgehead atoms. The molecule has 0 amide bonds. The molecule has 0 aliphatic rings. The first-order valence-corrected chi connectivity index (χ1v) is 7.70. The fourth-order valence-corrected chi connectivity index (χ4v) is 2.66. The number of aliphatic imine (C=N–C) groups is 1. The van der Waals surface area contributed by atoms with Gasteiger partial charge in [-0.1, -0.05) is 60.7 Å². The Labute approximate surface area is 133 Å². The van der Waals surface area contributed by atoms with Gasteiger partial charge in [0.2, 0.25) is 0 Å². The summed E-state index contributed by atoms with van der Waals surface area (Å²) in [5.41, 5.74) is 2.71. The highest BCUT2D eigenvalue weighted by Crippen LogP contribution is 2.27. The van der Waals surface area contributed by atoms with E-state index in [1.54, 1.807) is 0 Å². The lowest BCUT2D eigenvalue weighted by atomic mass is 9.88. The molecule has 116 valence electrons. The van der Waals surface area contributed by atoms with Crippen molar-refractivity contribution < 1.29 is 0 Å². The first-order valence-electron chi connectivity index (χ1n) is 7.70. The normalized spacial score (nSPS) is 11.5. The molecule has 0 heterocycles. The number of benzene rings is 2. The molecule has 2 rings (SSSR count). The largest absolute Gasteiger partial charge is 0.356 e. The van der Waals surface area contributed by atoms with Crippen LogP contribution in [0, 0.1) is 0 Å². The number of hydrogen-bond donors (Lipinski definition) is 1. The quantitative estimate of drug-likeness (QED) is 0.676. The van der Waals surface area contributed by atoms with E-state index in [1.807, 2.05) is 26.0 Å². The first kappa shape index (κ1) is 16.1. The van der Waals surface area contributed by atoms with Gasteiger partial charge in [0.1, 0.15) is 0 Å². The van der Waals surface area contributed by atoms with E-state index in [9.17, 15) is 0 Å². The Morgan fingerprint density at radius 1 is 0.955 bits per heavy atom. The highest BCUT2D eigenvalue weighted by molar-refractivity contribution is 5.79. The molecule has 2 aromatic carbocycles. The minimum absolute atomic E-state index is 0.398. The van der Waals surface area contributed by atoms with Gasteiger partial charge >= 0.3 is 0 Å². The van der Waals surface area contributed by atoms with Crippen LogP contribution in [0.4, 0.5) is 0 Å². The minimum Gasteiger partial charge on any atom is -0.356 e. The zero-order chi connectivity index (χ0) is 15.8. The monoisotopic (exact) mass is 295 g/mol. The van der Waals surface area contributed by atoms with Crippen LogP contribution in [0.15, 0.2) is 65.7 Å². The van der Waals surface area contributed by atoms with E-state index in [0.717, 1.165) is 18.9 Å². The Balaban J connectivity index is 2.10. The smallest absolute Gasteiger partial charge is 0.193 e. The molecule has 22 heavy (non-hydrogen) atoms. The van der Waals surface area contributed by atoms with Crippen molar-refractivity contribution in [1.29, 1.82) is 0 Å². The predicted molar refractivity (Wildman–Crippen MR) is 94.4 cm³/mol. The fourth-order valence-electron chi connectivity index (χ4n) is 2.66. The van der Waals surface area contributed by atoms with Crippen LogP contribution >= 0.6 is 0 Å². The lowest BCUT2D eigenvalue weighted by Crippen LogP contribution is -2.37. The van der Waals surface area contributed by atoms with Gasteiger partial charge in [0.15, 0.2) is 5.96 Å². The van der Waals surface area contributed by atoms with Crippen LogP contribution in [0.1, 0.15) is 23.5 Å². The Morgan fingerprint density at radius 2 is 1.45 bits per heavy atom. The van der Waals surface area contributed by atoms with Gasteiger partial charge in [0.25, 0.3) is 0 Å². The van der Waals surface area contributed by atoms with Crippen molar-refractivity contribution in [3.8, 4) is 0 Å². The first-order chi connectivity index (χ1) is 10.7. The zero-order valence-corrected chi connectivity index (χ0v) is 13.7. The minimum atomic E-state index is 0.398. The average molecular weight is 295 g/mol.